The van der Waals surface area contributed by atoms with Gasteiger partial charge in [-0.2, -0.15) is 0 Å². The molecule has 1 spiro atoms. The summed E-state index contributed by atoms with van der Waals surface area (Å²) in [6, 6.07) is 13.1. The zero-order valence-electron chi connectivity index (χ0n) is 15.5. The van der Waals surface area contributed by atoms with Crippen LogP contribution in [0, 0.1) is 11.6 Å². The average molecular weight is 384 g/mol. The van der Waals surface area contributed by atoms with Gasteiger partial charge in [-0.05, 0) is 43.4 Å². The van der Waals surface area contributed by atoms with Crippen LogP contribution in [0.3, 0.4) is 0 Å². The Balaban J connectivity index is 1.63. The predicted molar refractivity (Wildman–Crippen MR) is 100 cm³/mol. The smallest absolute Gasteiger partial charge is 0.260 e. The monoisotopic (exact) mass is 384 g/mol. The molecule has 1 unspecified atom stereocenters. The number of piperidine rings is 1. The summed E-state index contributed by atoms with van der Waals surface area (Å²) in [5, 5.41) is 0. The van der Waals surface area contributed by atoms with Gasteiger partial charge in [0.05, 0.1) is 0 Å². The molecule has 2 amide bonds. The fraction of sp³-hybridized carbons (Fsp3) is 0.364. The minimum absolute atomic E-state index is 0.120. The quantitative estimate of drug-likeness (QED) is 0.809. The van der Waals surface area contributed by atoms with E-state index < -0.39 is 28.6 Å². The van der Waals surface area contributed by atoms with Crippen LogP contribution in [-0.2, 0) is 11.3 Å². The maximum atomic E-state index is 14.2. The third-order valence-electron chi connectivity index (χ3n) is 5.83. The average Bonchev–Trinajstić information content (AvgIpc) is 3.11. The first-order valence-corrected chi connectivity index (χ1v) is 9.62. The first kappa shape index (κ1) is 18.6. The maximum absolute atomic E-state index is 14.2. The summed E-state index contributed by atoms with van der Waals surface area (Å²) >= 11 is 0. The van der Waals surface area contributed by atoms with Gasteiger partial charge in [-0.3, -0.25) is 9.59 Å². The standard InChI is InChI=1S/C22H22F2N2O2/c23-17-9-4-10-18(24)19(17)20(27)26-14-6-12-22(26)11-5-13-25(21(22)28)15-16-7-2-1-3-8-16/h1-4,7-10H,5-6,11-15H2. The summed E-state index contributed by atoms with van der Waals surface area (Å²) in [7, 11) is 0. The zero-order chi connectivity index (χ0) is 19.7. The number of benzene rings is 2. The summed E-state index contributed by atoms with van der Waals surface area (Å²) in [6.07, 6.45) is 2.45. The lowest BCUT2D eigenvalue weighted by molar-refractivity contribution is -0.146. The molecule has 2 fully saturated rings. The van der Waals surface area contributed by atoms with Crippen LogP contribution in [0.4, 0.5) is 8.78 Å². The van der Waals surface area contributed by atoms with Crippen molar-refractivity contribution in [3.05, 3.63) is 71.3 Å². The van der Waals surface area contributed by atoms with Crippen LogP contribution in [-0.4, -0.2) is 40.2 Å². The van der Waals surface area contributed by atoms with Crippen LogP contribution in [0.2, 0.25) is 0 Å². The van der Waals surface area contributed by atoms with Crippen molar-refractivity contribution < 1.29 is 18.4 Å². The summed E-state index contributed by atoms with van der Waals surface area (Å²) in [6.45, 7) is 1.42. The Labute approximate surface area is 162 Å². The van der Waals surface area contributed by atoms with Crippen molar-refractivity contribution in [2.24, 2.45) is 0 Å². The number of likely N-dealkylation sites (tertiary alicyclic amines) is 2. The van der Waals surface area contributed by atoms with Gasteiger partial charge in [0, 0.05) is 19.6 Å². The molecule has 2 aromatic rings. The second kappa shape index (κ2) is 7.34. The second-order valence-corrected chi connectivity index (χ2v) is 7.50. The van der Waals surface area contributed by atoms with Crippen LogP contribution in [0.15, 0.2) is 48.5 Å². The minimum Gasteiger partial charge on any atom is -0.336 e. The minimum atomic E-state index is -1.00. The van der Waals surface area contributed by atoms with E-state index in [9.17, 15) is 18.4 Å². The predicted octanol–water partition coefficient (Wildman–Crippen LogP) is 3.76. The van der Waals surface area contributed by atoms with Gasteiger partial charge >= 0.3 is 0 Å². The van der Waals surface area contributed by atoms with Crippen molar-refractivity contribution in [1.29, 1.82) is 0 Å². The third kappa shape index (κ3) is 3.07. The topological polar surface area (TPSA) is 40.6 Å². The molecule has 2 aliphatic rings. The molecule has 0 aliphatic carbocycles. The summed E-state index contributed by atoms with van der Waals surface area (Å²) in [4.78, 5) is 29.6. The lowest BCUT2D eigenvalue weighted by Gasteiger charge is -2.44. The van der Waals surface area contributed by atoms with Crippen LogP contribution in [0.5, 0.6) is 0 Å². The van der Waals surface area contributed by atoms with Crippen LogP contribution < -0.4 is 0 Å². The summed E-state index contributed by atoms with van der Waals surface area (Å²) in [5.74, 6) is -2.64. The van der Waals surface area contributed by atoms with Gasteiger partial charge in [0.15, 0.2) is 0 Å². The van der Waals surface area contributed by atoms with Gasteiger partial charge in [0.25, 0.3) is 5.91 Å². The first-order chi connectivity index (χ1) is 13.5. The molecule has 2 aromatic carbocycles. The fourth-order valence-electron chi connectivity index (χ4n) is 4.51. The van der Waals surface area contributed by atoms with Crippen LogP contribution in [0.25, 0.3) is 0 Å². The molecular weight excluding hydrogens is 362 g/mol. The second-order valence-electron chi connectivity index (χ2n) is 7.50. The molecule has 2 aliphatic heterocycles. The number of nitrogens with zero attached hydrogens (tertiary/aromatic N) is 2. The molecule has 28 heavy (non-hydrogen) atoms. The largest absolute Gasteiger partial charge is 0.336 e. The highest BCUT2D eigenvalue weighted by atomic mass is 19.1. The van der Waals surface area contributed by atoms with E-state index in [0.29, 0.717) is 38.9 Å². The van der Waals surface area contributed by atoms with Crippen LogP contribution in [0.1, 0.15) is 41.6 Å². The molecule has 0 aromatic heterocycles. The number of amides is 2. The van der Waals surface area contributed by atoms with Gasteiger partial charge < -0.3 is 9.80 Å². The Morgan fingerprint density at radius 1 is 0.929 bits per heavy atom. The highest BCUT2D eigenvalue weighted by Crippen LogP contribution is 2.40. The van der Waals surface area contributed by atoms with Crippen molar-refractivity contribution in [2.45, 2.75) is 37.8 Å². The zero-order valence-corrected chi connectivity index (χ0v) is 15.5. The molecule has 6 heteroatoms. The first-order valence-electron chi connectivity index (χ1n) is 9.62. The highest BCUT2D eigenvalue weighted by Gasteiger charge is 2.53. The SMILES string of the molecule is O=C(c1c(F)cccc1F)N1CCCC12CCCN(Cc1ccccc1)C2=O. The van der Waals surface area contributed by atoms with Crippen molar-refractivity contribution in [3.63, 3.8) is 0 Å². The maximum Gasteiger partial charge on any atom is 0.260 e. The Hall–Kier alpha value is -2.76. The normalized spacial score (nSPS) is 22.1. The van der Waals surface area contributed by atoms with E-state index in [1.807, 2.05) is 30.3 Å². The molecular formula is C22H22F2N2O2. The number of hydrogen-bond acceptors (Lipinski definition) is 2. The lowest BCUT2D eigenvalue weighted by Crippen LogP contribution is -2.61. The molecule has 1 atom stereocenters. The van der Waals surface area contributed by atoms with Gasteiger partial charge in [0.2, 0.25) is 5.91 Å². The molecule has 2 heterocycles. The Morgan fingerprint density at radius 2 is 1.57 bits per heavy atom. The molecule has 4 rings (SSSR count). The third-order valence-corrected chi connectivity index (χ3v) is 5.83. The van der Waals surface area contributed by atoms with Crippen molar-refractivity contribution in [1.82, 2.24) is 9.80 Å². The van der Waals surface area contributed by atoms with E-state index in [2.05, 4.69) is 0 Å². The fourth-order valence-corrected chi connectivity index (χ4v) is 4.51. The van der Waals surface area contributed by atoms with Crippen molar-refractivity contribution in [2.75, 3.05) is 13.1 Å². The Kier molecular flexibility index (Phi) is 4.87. The number of carbonyl (C=O) groups is 2. The van der Waals surface area contributed by atoms with E-state index in [0.717, 1.165) is 24.1 Å². The number of carbonyl (C=O) groups excluding carboxylic acids is 2. The summed E-state index contributed by atoms with van der Waals surface area (Å²) < 4.78 is 28.4. The number of halogens is 2. The van der Waals surface area contributed by atoms with E-state index >= 15 is 0 Å². The van der Waals surface area contributed by atoms with Crippen molar-refractivity contribution in [3.8, 4) is 0 Å². The van der Waals surface area contributed by atoms with Gasteiger partial charge in [0.1, 0.15) is 22.7 Å². The van der Waals surface area contributed by atoms with Gasteiger partial charge in [-0.1, -0.05) is 36.4 Å². The number of hydrogen-bond donors (Lipinski definition) is 0. The van der Waals surface area contributed by atoms with Crippen LogP contribution >= 0.6 is 0 Å². The Bertz CT molecular complexity index is 882. The van der Waals surface area contributed by atoms with E-state index in [1.54, 1.807) is 4.90 Å². The van der Waals surface area contributed by atoms with E-state index in [-0.39, 0.29) is 5.91 Å². The van der Waals surface area contributed by atoms with E-state index in [4.69, 9.17) is 0 Å². The number of rotatable bonds is 3. The highest BCUT2D eigenvalue weighted by molar-refractivity contribution is 6.00. The molecule has 146 valence electrons. The van der Waals surface area contributed by atoms with Crippen molar-refractivity contribution >= 4 is 11.8 Å². The molecule has 0 radical (unpaired) electrons. The van der Waals surface area contributed by atoms with Gasteiger partial charge in [-0.25, -0.2) is 8.78 Å². The molecule has 0 saturated carbocycles. The van der Waals surface area contributed by atoms with E-state index in [1.165, 1.54) is 11.0 Å². The Morgan fingerprint density at radius 3 is 2.25 bits per heavy atom. The molecule has 0 N–H and O–H groups in total. The lowest BCUT2D eigenvalue weighted by atomic mass is 9.84. The molecule has 4 nitrogen and oxygen atoms in total. The summed E-state index contributed by atoms with van der Waals surface area (Å²) in [5.41, 5.74) is -0.556. The molecule has 0 bridgehead atoms. The van der Waals surface area contributed by atoms with Gasteiger partial charge in [-0.15, -0.1) is 0 Å². The molecule has 2 saturated heterocycles.